The fourth-order valence-corrected chi connectivity index (χ4v) is 2.29. The zero-order valence-corrected chi connectivity index (χ0v) is 9.82. The largest absolute Gasteiger partial charge is 0.331 e. The summed E-state index contributed by atoms with van der Waals surface area (Å²) in [5.74, 6) is 1.02. The zero-order chi connectivity index (χ0) is 11.1. The van der Waals surface area contributed by atoms with Gasteiger partial charge in [-0.15, -0.1) is 10.2 Å². The lowest BCUT2D eigenvalue weighted by Crippen LogP contribution is -1.90. The topological polar surface area (TPSA) is 43.6 Å². The van der Waals surface area contributed by atoms with Gasteiger partial charge in [-0.3, -0.25) is 0 Å². The Morgan fingerprint density at radius 3 is 2.94 bits per heavy atom. The molecule has 4 nitrogen and oxygen atoms in total. The van der Waals surface area contributed by atoms with E-state index in [0.29, 0.717) is 0 Å². The Morgan fingerprint density at radius 1 is 1.31 bits per heavy atom. The third kappa shape index (κ3) is 1.32. The maximum absolute atomic E-state index is 4.47. The van der Waals surface area contributed by atoms with E-state index in [2.05, 4.69) is 25.8 Å². The van der Waals surface area contributed by atoms with Crippen LogP contribution >= 0.6 is 11.3 Å². The Labute approximate surface area is 96.6 Å². The standard InChI is InChI=1S/C11H10N4S/c1-7-13-9-4-3-8(5-10(9)15(7)2)11-14-12-6-16-11/h3-6H,1-2H3. The van der Waals surface area contributed by atoms with Crippen molar-refractivity contribution in [2.45, 2.75) is 6.92 Å². The van der Waals surface area contributed by atoms with Crippen molar-refractivity contribution < 1.29 is 0 Å². The lowest BCUT2D eigenvalue weighted by molar-refractivity contribution is 0.886. The summed E-state index contributed by atoms with van der Waals surface area (Å²) in [5.41, 5.74) is 4.99. The number of hydrogen-bond acceptors (Lipinski definition) is 4. The average molecular weight is 230 g/mol. The maximum atomic E-state index is 4.47. The van der Waals surface area contributed by atoms with Gasteiger partial charge in [-0.05, 0) is 25.1 Å². The first-order valence-electron chi connectivity index (χ1n) is 4.95. The van der Waals surface area contributed by atoms with Crippen LogP contribution in [0.15, 0.2) is 23.7 Å². The Balaban J connectivity index is 2.26. The highest BCUT2D eigenvalue weighted by molar-refractivity contribution is 7.12. The lowest BCUT2D eigenvalue weighted by Gasteiger charge is -1.98. The van der Waals surface area contributed by atoms with Crippen LogP contribution in [-0.4, -0.2) is 19.7 Å². The smallest absolute Gasteiger partial charge is 0.147 e. The molecule has 0 bridgehead atoms. The van der Waals surface area contributed by atoms with E-state index in [1.54, 1.807) is 16.8 Å². The van der Waals surface area contributed by atoms with E-state index in [-0.39, 0.29) is 0 Å². The summed E-state index contributed by atoms with van der Waals surface area (Å²) < 4.78 is 2.08. The molecule has 0 aliphatic heterocycles. The second-order valence-corrected chi connectivity index (χ2v) is 4.50. The average Bonchev–Trinajstić information content (AvgIpc) is 2.89. The molecule has 0 N–H and O–H groups in total. The van der Waals surface area contributed by atoms with Crippen LogP contribution in [0.4, 0.5) is 0 Å². The van der Waals surface area contributed by atoms with Crippen molar-refractivity contribution >= 4 is 22.4 Å². The first-order chi connectivity index (χ1) is 7.75. The van der Waals surface area contributed by atoms with E-state index in [1.807, 2.05) is 26.1 Å². The monoisotopic (exact) mass is 230 g/mol. The van der Waals surface area contributed by atoms with Crippen molar-refractivity contribution in [1.82, 2.24) is 19.7 Å². The molecule has 0 spiro atoms. The normalized spacial score (nSPS) is 11.1. The minimum Gasteiger partial charge on any atom is -0.331 e. The molecule has 0 atom stereocenters. The highest BCUT2D eigenvalue weighted by Crippen LogP contribution is 2.25. The minimum absolute atomic E-state index is 0.945. The second kappa shape index (κ2) is 3.38. The number of rotatable bonds is 1. The van der Waals surface area contributed by atoms with Crippen LogP contribution in [0.3, 0.4) is 0 Å². The molecule has 0 saturated carbocycles. The van der Waals surface area contributed by atoms with Crippen LogP contribution in [-0.2, 0) is 7.05 Å². The highest BCUT2D eigenvalue weighted by atomic mass is 32.1. The summed E-state index contributed by atoms with van der Waals surface area (Å²) in [4.78, 5) is 4.47. The zero-order valence-electron chi connectivity index (χ0n) is 9.01. The first kappa shape index (κ1) is 9.47. The predicted molar refractivity (Wildman–Crippen MR) is 64.4 cm³/mol. The molecule has 3 rings (SSSR count). The van der Waals surface area contributed by atoms with Gasteiger partial charge in [-0.1, -0.05) is 11.3 Å². The summed E-state index contributed by atoms with van der Waals surface area (Å²) in [6.07, 6.45) is 0. The van der Waals surface area contributed by atoms with Crippen molar-refractivity contribution in [1.29, 1.82) is 0 Å². The minimum atomic E-state index is 0.945. The van der Waals surface area contributed by atoms with Crippen LogP contribution < -0.4 is 0 Å². The molecule has 0 fully saturated rings. The molecular weight excluding hydrogens is 220 g/mol. The number of aromatic nitrogens is 4. The van der Waals surface area contributed by atoms with Crippen LogP contribution in [0, 0.1) is 6.92 Å². The molecule has 0 aliphatic rings. The third-order valence-corrected chi connectivity index (χ3v) is 3.45. The van der Waals surface area contributed by atoms with Gasteiger partial charge in [-0.25, -0.2) is 4.98 Å². The fraction of sp³-hybridized carbons (Fsp3) is 0.182. The van der Waals surface area contributed by atoms with Gasteiger partial charge in [0.05, 0.1) is 11.0 Å². The van der Waals surface area contributed by atoms with Crippen molar-refractivity contribution in [2.75, 3.05) is 0 Å². The molecule has 0 amide bonds. The molecule has 0 saturated heterocycles. The van der Waals surface area contributed by atoms with Crippen molar-refractivity contribution in [3.63, 3.8) is 0 Å². The second-order valence-electron chi connectivity index (χ2n) is 3.67. The van der Waals surface area contributed by atoms with Crippen molar-refractivity contribution in [3.05, 3.63) is 29.5 Å². The van der Waals surface area contributed by atoms with E-state index < -0.39 is 0 Å². The van der Waals surface area contributed by atoms with E-state index in [1.165, 1.54) is 0 Å². The fourth-order valence-electron chi connectivity index (χ4n) is 1.74. The number of fused-ring (bicyclic) bond motifs is 1. The van der Waals surface area contributed by atoms with E-state index >= 15 is 0 Å². The summed E-state index contributed by atoms with van der Waals surface area (Å²) >= 11 is 1.55. The third-order valence-electron chi connectivity index (χ3n) is 2.71. The van der Waals surface area contributed by atoms with Crippen molar-refractivity contribution in [3.8, 4) is 10.6 Å². The van der Waals surface area contributed by atoms with Crippen LogP contribution in [0.2, 0.25) is 0 Å². The van der Waals surface area contributed by atoms with Gasteiger partial charge in [0.15, 0.2) is 0 Å². The number of benzene rings is 1. The van der Waals surface area contributed by atoms with Gasteiger partial charge in [0.1, 0.15) is 16.3 Å². The molecule has 2 aromatic heterocycles. The number of hydrogen-bond donors (Lipinski definition) is 0. The predicted octanol–water partition coefficient (Wildman–Crippen LogP) is 2.40. The Morgan fingerprint density at radius 2 is 2.19 bits per heavy atom. The summed E-state index contributed by atoms with van der Waals surface area (Å²) in [6, 6.07) is 6.17. The Bertz CT molecular complexity index is 639. The Hall–Kier alpha value is -1.75. The van der Waals surface area contributed by atoms with Crippen LogP contribution in [0.25, 0.3) is 21.6 Å². The number of nitrogens with zero attached hydrogens (tertiary/aromatic N) is 4. The van der Waals surface area contributed by atoms with E-state index in [4.69, 9.17) is 0 Å². The lowest BCUT2D eigenvalue weighted by atomic mass is 10.2. The van der Waals surface area contributed by atoms with Gasteiger partial charge in [0.2, 0.25) is 0 Å². The van der Waals surface area contributed by atoms with Crippen molar-refractivity contribution in [2.24, 2.45) is 7.05 Å². The summed E-state index contributed by atoms with van der Waals surface area (Å²) in [7, 11) is 2.02. The van der Waals surface area contributed by atoms with E-state index in [9.17, 15) is 0 Å². The van der Waals surface area contributed by atoms with Gasteiger partial charge in [0.25, 0.3) is 0 Å². The van der Waals surface area contributed by atoms with Gasteiger partial charge >= 0.3 is 0 Å². The van der Waals surface area contributed by atoms with Gasteiger partial charge in [0, 0.05) is 12.6 Å². The van der Waals surface area contributed by atoms with Crippen LogP contribution in [0.5, 0.6) is 0 Å². The quantitative estimate of drug-likeness (QED) is 0.644. The molecule has 0 radical (unpaired) electrons. The molecule has 0 aliphatic carbocycles. The number of aryl methyl sites for hydroxylation is 2. The van der Waals surface area contributed by atoms with Gasteiger partial charge in [-0.2, -0.15) is 0 Å². The molecule has 16 heavy (non-hydrogen) atoms. The molecule has 5 heteroatoms. The molecule has 80 valence electrons. The summed E-state index contributed by atoms with van der Waals surface area (Å²) in [5, 5.41) is 8.87. The van der Waals surface area contributed by atoms with Gasteiger partial charge < -0.3 is 4.57 Å². The first-order valence-corrected chi connectivity index (χ1v) is 5.83. The number of imidazole rings is 1. The molecule has 3 aromatic rings. The van der Waals surface area contributed by atoms with E-state index in [0.717, 1.165) is 27.4 Å². The Kier molecular flexibility index (Phi) is 2.00. The maximum Gasteiger partial charge on any atom is 0.147 e. The molecule has 1 aromatic carbocycles. The van der Waals surface area contributed by atoms with Crippen LogP contribution in [0.1, 0.15) is 5.82 Å². The summed E-state index contributed by atoms with van der Waals surface area (Å²) in [6.45, 7) is 2.00. The molecular formula is C11H10N4S. The molecule has 2 heterocycles. The molecule has 0 unspecified atom stereocenters. The SMILES string of the molecule is Cc1nc2ccc(-c3nncs3)cc2n1C. The highest BCUT2D eigenvalue weighted by Gasteiger charge is 2.07.